The SMILES string of the molecule is CN(C[C@@H](O)COc1ccc(C(F)(F)F)cc1)c1ccc2nnnn2n1. The van der Waals surface area contributed by atoms with E-state index >= 15 is 0 Å². The fourth-order valence-corrected chi connectivity index (χ4v) is 2.24. The van der Waals surface area contributed by atoms with Crippen molar-refractivity contribution in [2.75, 3.05) is 25.1 Å². The van der Waals surface area contributed by atoms with E-state index < -0.39 is 17.8 Å². The van der Waals surface area contributed by atoms with Crippen molar-refractivity contribution in [2.24, 2.45) is 0 Å². The molecule has 0 aliphatic heterocycles. The number of fused-ring (bicyclic) bond motifs is 1. The molecule has 0 saturated carbocycles. The van der Waals surface area contributed by atoms with E-state index in [0.29, 0.717) is 11.5 Å². The van der Waals surface area contributed by atoms with Crippen LogP contribution in [0.15, 0.2) is 36.4 Å². The summed E-state index contributed by atoms with van der Waals surface area (Å²) in [5, 5.41) is 25.2. The Kier molecular flexibility index (Phi) is 4.89. The Morgan fingerprint density at radius 3 is 2.62 bits per heavy atom. The maximum absolute atomic E-state index is 12.5. The second-order valence-electron chi connectivity index (χ2n) is 5.59. The van der Waals surface area contributed by atoms with Crippen LogP contribution in [0.3, 0.4) is 0 Å². The molecule has 3 rings (SSSR count). The van der Waals surface area contributed by atoms with Gasteiger partial charge < -0.3 is 14.7 Å². The smallest absolute Gasteiger partial charge is 0.416 e. The normalized spacial score (nSPS) is 13.0. The molecule has 0 saturated heterocycles. The van der Waals surface area contributed by atoms with Gasteiger partial charge in [0.25, 0.3) is 0 Å². The van der Waals surface area contributed by atoms with E-state index in [1.54, 1.807) is 24.1 Å². The Balaban J connectivity index is 1.54. The van der Waals surface area contributed by atoms with Gasteiger partial charge in [-0.1, -0.05) is 0 Å². The van der Waals surface area contributed by atoms with Gasteiger partial charge in [-0.2, -0.15) is 13.2 Å². The summed E-state index contributed by atoms with van der Waals surface area (Å²) < 4.78 is 44.1. The van der Waals surface area contributed by atoms with E-state index in [4.69, 9.17) is 4.74 Å². The molecule has 8 nitrogen and oxygen atoms in total. The lowest BCUT2D eigenvalue weighted by atomic mass is 10.2. The van der Waals surface area contributed by atoms with Crippen LogP contribution in [-0.4, -0.2) is 56.7 Å². The highest BCUT2D eigenvalue weighted by atomic mass is 19.4. The van der Waals surface area contributed by atoms with Gasteiger partial charge in [0.05, 0.1) is 5.56 Å². The molecule has 3 aromatic rings. The van der Waals surface area contributed by atoms with Gasteiger partial charge in [-0.15, -0.1) is 14.8 Å². The van der Waals surface area contributed by atoms with E-state index in [9.17, 15) is 18.3 Å². The zero-order valence-corrected chi connectivity index (χ0v) is 13.6. The summed E-state index contributed by atoms with van der Waals surface area (Å²) in [7, 11) is 1.72. The second-order valence-corrected chi connectivity index (χ2v) is 5.59. The highest BCUT2D eigenvalue weighted by Gasteiger charge is 2.30. The van der Waals surface area contributed by atoms with Crippen LogP contribution in [0, 0.1) is 0 Å². The van der Waals surface area contributed by atoms with Crippen molar-refractivity contribution < 1.29 is 23.0 Å². The maximum atomic E-state index is 12.5. The molecule has 0 fully saturated rings. The molecule has 0 amide bonds. The number of anilines is 1. The van der Waals surface area contributed by atoms with Gasteiger partial charge in [0.2, 0.25) is 0 Å². The van der Waals surface area contributed by atoms with Gasteiger partial charge in [-0.3, -0.25) is 0 Å². The lowest BCUT2D eigenvalue weighted by molar-refractivity contribution is -0.137. The Labute approximate surface area is 145 Å². The number of aliphatic hydroxyl groups excluding tert-OH is 1. The van der Waals surface area contributed by atoms with E-state index in [2.05, 4.69) is 20.6 Å². The van der Waals surface area contributed by atoms with E-state index in [1.165, 1.54) is 16.8 Å². The number of halogens is 3. The molecule has 1 N–H and O–H groups in total. The van der Waals surface area contributed by atoms with Gasteiger partial charge in [0.1, 0.15) is 18.5 Å². The van der Waals surface area contributed by atoms with Crippen molar-refractivity contribution in [3.05, 3.63) is 42.0 Å². The molecule has 2 aromatic heterocycles. The molecule has 138 valence electrons. The summed E-state index contributed by atoms with van der Waals surface area (Å²) in [4.78, 5) is 1.68. The summed E-state index contributed by atoms with van der Waals surface area (Å²) in [5.41, 5.74) is -0.262. The Hall–Kier alpha value is -2.95. The third-order valence-corrected chi connectivity index (χ3v) is 3.56. The number of hydrogen-bond donors (Lipinski definition) is 1. The van der Waals surface area contributed by atoms with Gasteiger partial charge in [0.15, 0.2) is 11.5 Å². The van der Waals surface area contributed by atoms with Gasteiger partial charge >= 0.3 is 6.18 Å². The Bertz CT molecular complexity index is 868. The number of tetrazole rings is 1. The average molecular weight is 368 g/mol. The number of rotatable bonds is 6. The highest BCUT2D eigenvalue weighted by molar-refractivity contribution is 5.43. The minimum atomic E-state index is -4.39. The molecule has 0 spiro atoms. The van der Waals surface area contributed by atoms with Crippen molar-refractivity contribution in [2.45, 2.75) is 12.3 Å². The van der Waals surface area contributed by atoms with Crippen LogP contribution in [0.5, 0.6) is 5.75 Å². The lowest BCUT2D eigenvalue weighted by Gasteiger charge is -2.21. The number of likely N-dealkylation sites (N-methyl/N-ethyl adjacent to an activating group) is 1. The fourth-order valence-electron chi connectivity index (χ4n) is 2.24. The van der Waals surface area contributed by atoms with Crippen LogP contribution < -0.4 is 9.64 Å². The molecule has 0 unspecified atom stereocenters. The van der Waals surface area contributed by atoms with Gasteiger partial charge in [-0.25, -0.2) is 0 Å². The largest absolute Gasteiger partial charge is 0.491 e. The van der Waals surface area contributed by atoms with Crippen LogP contribution in [0.2, 0.25) is 0 Å². The van der Waals surface area contributed by atoms with Crippen LogP contribution in [-0.2, 0) is 6.18 Å². The van der Waals surface area contributed by atoms with E-state index in [-0.39, 0.29) is 18.9 Å². The maximum Gasteiger partial charge on any atom is 0.416 e. The highest BCUT2D eigenvalue weighted by Crippen LogP contribution is 2.30. The number of aromatic nitrogens is 5. The number of nitrogens with zero attached hydrogens (tertiary/aromatic N) is 6. The molecule has 11 heteroatoms. The number of aliphatic hydroxyl groups is 1. The average Bonchev–Trinajstić information content (AvgIpc) is 3.07. The quantitative estimate of drug-likeness (QED) is 0.704. The van der Waals surface area contributed by atoms with Crippen molar-refractivity contribution in [3.63, 3.8) is 0 Å². The number of benzene rings is 1. The number of alkyl halides is 3. The van der Waals surface area contributed by atoms with Crippen LogP contribution >= 0.6 is 0 Å². The molecule has 0 bridgehead atoms. The summed E-state index contributed by atoms with van der Waals surface area (Å²) in [6.45, 7) is 0.115. The van der Waals surface area contributed by atoms with Crippen LogP contribution in [0.1, 0.15) is 5.56 Å². The third kappa shape index (κ3) is 4.17. The standard InChI is InChI=1S/C15H15F3N6O2/c1-23(14-7-6-13-19-21-22-24(13)20-14)8-11(25)9-26-12-4-2-10(3-5-12)15(16,17)18/h2-7,11,25H,8-9H2,1H3/t11-/m1/s1. The first-order valence-corrected chi connectivity index (χ1v) is 7.57. The summed E-state index contributed by atoms with van der Waals surface area (Å²) >= 11 is 0. The van der Waals surface area contributed by atoms with Crippen molar-refractivity contribution in [1.29, 1.82) is 0 Å². The molecule has 1 atom stereocenters. The van der Waals surface area contributed by atoms with E-state index in [1.807, 2.05) is 0 Å². The van der Waals surface area contributed by atoms with Crippen LogP contribution in [0.4, 0.5) is 19.0 Å². The fraction of sp³-hybridized carbons (Fsp3) is 0.333. The predicted molar refractivity (Wildman–Crippen MR) is 84.8 cm³/mol. The summed E-state index contributed by atoms with van der Waals surface area (Å²) in [5.74, 6) is 0.784. The second kappa shape index (κ2) is 7.12. The predicted octanol–water partition coefficient (Wildman–Crippen LogP) is 1.41. The first-order valence-electron chi connectivity index (χ1n) is 7.57. The topological polar surface area (TPSA) is 88.7 Å². The monoisotopic (exact) mass is 368 g/mol. The first kappa shape index (κ1) is 17.9. The van der Waals surface area contributed by atoms with Crippen LogP contribution in [0.25, 0.3) is 5.65 Å². The lowest BCUT2D eigenvalue weighted by Crippen LogP contribution is -2.33. The zero-order chi connectivity index (χ0) is 18.7. The molecule has 0 aliphatic carbocycles. The Morgan fingerprint density at radius 2 is 1.92 bits per heavy atom. The van der Waals surface area contributed by atoms with Crippen molar-refractivity contribution >= 4 is 11.5 Å². The third-order valence-electron chi connectivity index (χ3n) is 3.56. The Morgan fingerprint density at radius 1 is 1.19 bits per heavy atom. The van der Waals surface area contributed by atoms with Crippen molar-refractivity contribution in [3.8, 4) is 5.75 Å². The molecule has 2 heterocycles. The minimum absolute atomic E-state index is 0.0805. The van der Waals surface area contributed by atoms with E-state index in [0.717, 1.165) is 12.1 Å². The summed E-state index contributed by atoms with van der Waals surface area (Å²) in [6.07, 6.45) is -5.28. The number of hydrogen-bond acceptors (Lipinski definition) is 7. The molecular formula is C15H15F3N6O2. The van der Waals surface area contributed by atoms with Gasteiger partial charge in [0, 0.05) is 13.6 Å². The molecule has 26 heavy (non-hydrogen) atoms. The zero-order valence-electron chi connectivity index (χ0n) is 13.6. The molecular weight excluding hydrogens is 353 g/mol. The number of ether oxygens (including phenoxy) is 1. The minimum Gasteiger partial charge on any atom is -0.491 e. The van der Waals surface area contributed by atoms with Gasteiger partial charge in [-0.05, 0) is 46.8 Å². The van der Waals surface area contributed by atoms with Crippen molar-refractivity contribution in [1.82, 2.24) is 25.3 Å². The molecule has 0 radical (unpaired) electrons. The molecule has 1 aromatic carbocycles. The summed E-state index contributed by atoms with van der Waals surface area (Å²) in [6, 6.07) is 7.68. The molecule has 0 aliphatic rings. The first-order chi connectivity index (χ1) is 12.3.